The summed E-state index contributed by atoms with van der Waals surface area (Å²) in [5.41, 5.74) is -0.653. The zero-order valence-corrected chi connectivity index (χ0v) is 16.9. The first-order chi connectivity index (χ1) is 13.4. The summed E-state index contributed by atoms with van der Waals surface area (Å²) in [6.07, 6.45) is 3.84. The standard InChI is InChI=1S/C23H31NO4/c1-3-24(4-2)20(25)19(18-8-6-5-7-9-18)28-21(26)22-11-16-10-17(12-22)14-23(27,13-16)15-22/h5-9,16-17,19,27H,3-4,10-15H2,1-2H3/t16-,17+,19-,22?,23?/m1/s1. The normalized spacial score (nSPS) is 34.1. The second-order valence-corrected chi connectivity index (χ2v) is 9.17. The van der Waals surface area contributed by atoms with E-state index < -0.39 is 17.1 Å². The molecule has 5 atom stereocenters. The van der Waals surface area contributed by atoms with Crippen molar-refractivity contribution in [2.75, 3.05) is 13.1 Å². The van der Waals surface area contributed by atoms with Gasteiger partial charge in [0.15, 0.2) is 0 Å². The average Bonchev–Trinajstić information content (AvgIpc) is 2.65. The van der Waals surface area contributed by atoms with Crippen molar-refractivity contribution in [3.8, 4) is 0 Å². The third-order valence-corrected chi connectivity index (χ3v) is 7.09. The van der Waals surface area contributed by atoms with Gasteiger partial charge in [0.1, 0.15) is 0 Å². The Bertz CT molecular complexity index is 728. The van der Waals surface area contributed by atoms with E-state index in [0.29, 0.717) is 36.9 Å². The maximum absolute atomic E-state index is 13.4. The molecule has 2 unspecified atom stereocenters. The highest BCUT2D eigenvalue weighted by Gasteiger charge is 2.61. The topological polar surface area (TPSA) is 66.8 Å². The van der Waals surface area contributed by atoms with Gasteiger partial charge in [0.2, 0.25) is 6.10 Å². The number of esters is 1. The molecule has 152 valence electrons. The third-order valence-electron chi connectivity index (χ3n) is 7.09. The van der Waals surface area contributed by atoms with Gasteiger partial charge in [0.05, 0.1) is 11.0 Å². The SMILES string of the molecule is CCN(CC)C(=O)[C@H](OC(=O)C12C[C@@H]3C[C@@H](CC(O)(C3)C1)C2)c1ccccc1. The number of hydrogen-bond donors (Lipinski definition) is 1. The van der Waals surface area contributed by atoms with Crippen molar-refractivity contribution < 1.29 is 19.4 Å². The predicted octanol–water partition coefficient (Wildman–Crippen LogP) is 3.47. The maximum atomic E-state index is 13.4. The average molecular weight is 386 g/mol. The van der Waals surface area contributed by atoms with Crippen LogP contribution in [0.4, 0.5) is 0 Å². The molecule has 4 saturated carbocycles. The molecule has 0 saturated heterocycles. The van der Waals surface area contributed by atoms with Crippen LogP contribution in [-0.2, 0) is 14.3 Å². The molecule has 0 spiro atoms. The number of carbonyl (C=O) groups is 2. The van der Waals surface area contributed by atoms with E-state index in [-0.39, 0.29) is 11.9 Å². The molecule has 1 amide bonds. The number of aliphatic hydroxyl groups is 1. The van der Waals surface area contributed by atoms with Gasteiger partial charge in [0.25, 0.3) is 5.91 Å². The number of nitrogens with zero attached hydrogens (tertiary/aromatic N) is 1. The van der Waals surface area contributed by atoms with Crippen LogP contribution in [0.25, 0.3) is 0 Å². The predicted molar refractivity (Wildman–Crippen MR) is 105 cm³/mol. The minimum Gasteiger partial charge on any atom is -0.447 e. The first-order valence-electron chi connectivity index (χ1n) is 10.7. The molecule has 5 rings (SSSR count). The summed E-state index contributed by atoms with van der Waals surface area (Å²) in [4.78, 5) is 28.3. The fraction of sp³-hybridized carbons (Fsp3) is 0.652. The molecule has 1 aromatic rings. The summed E-state index contributed by atoms with van der Waals surface area (Å²) in [6, 6.07) is 9.29. The molecule has 1 aromatic carbocycles. The van der Waals surface area contributed by atoms with Gasteiger partial charge in [-0.25, -0.2) is 0 Å². The first-order valence-corrected chi connectivity index (χ1v) is 10.7. The van der Waals surface area contributed by atoms with Crippen LogP contribution in [-0.4, -0.2) is 40.6 Å². The number of benzene rings is 1. The highest BCUT2D eigenvalue weighted by atomic mass is 16.5. The van der Waals surface area contributed by atoms with Gasteiger partial charge < -0.3 is 14.7 Å². The van der Waals surface area contributed by atoms with Crippen molar-refractivity contribution in [2.24, 2.45) is 17.3 Å². The van der Waals surface area contributed by atoms with Crippen molar-refractivity contribution >= 4 is 11.9 Å². The summed E-state index contributed by atoms with van der Waals surface area (Å²) in [6.45, 7) is 5.01. The molecule has 4 fully saturated rings. The van der Waals surface area contributed by atoms with Crippen LogP contribution in [0.2, 0.25) is 0 Å². The quantitative estimate of drug-likeness (QED) is 0.762. The zero-order valence-electron chi connectivity index (χ0n) is 16.9. The van der Waals surface area contributed by atoms with Crippen LogP contribution < -0.4 is 0 Å². The molecule has 0 heterocycles. The van der Waals surface area contributed by atoms with E-state index in [4.69, 9.17) is 4.74 Å². The van der Waals surface area contributed by atoms with Crippen LogP contribution in [0.5, 0.6) is 0 Å². The third kappa shape index (κ3) is 3.34. The van der Waals surface area contributed by atoms with Gasteiger partial charge in [0, 0.05) is 18.7 Å². The molecule has 0 aliphatic heterocycles. The van der Waals surface area contributed by atoms with Crippen LogP contribution in [0, 0.1) is 17.3 Å². The Morgan fingerprint density at radius 3 is 2.25 bits per heavy atom. The summed E-state index contributed by atoms with van der Waals surface area (Å²) >= 11 is 0. The number of likely N-dealkylation sites (N-methyl/N-ethyl adjacent to an activating group) is 1. The molecule has 0 radical (unpaired) electrons. The summed E-state index contributed by atoms with van der Waals surface area (Å²) in [5, 5.41) is 11.0. The van der Waals surface area contributed by atoms with Crippen molar-refractivity contribution in [1.29, 1.82) is 0 Å². The number of hydrogen-bond acceptors (Lipinski definition) is 4. The Morgan fingerprint density at radius 2 is 1.71 bits per heavy atom. The minimum absolute atomic E-state index is 0.173. The largest absolute Gasteiger partial charge is 0.447 e. The van der Waals surface area contributed by atoms with Gasteiger partial charge in [-0.2, -0.15) is 0 Å². The minimum atomic E-state index is -0.920. The van der Waals surface area contributed by atoms with Crippen LogP contribution >= 0.6 is 0 Å². The lowest BCUT2D eigenvalue weighted by Crippen LogP contribution is -2.58. The van der Waals surface area contributed by atoms with Crippen molar-refractivity contribution in [3.05, 3.63) is 35.9 Å². The highest BCUT2D eigenvalue weighted by molar-refractivity contribution is 5.86. The fourth-order valence-electron chi connectivity index (χ4n) is 6.28. The molecular weight excluding hydrogens is 354 g/mol. The Hall–Kier alpha value is -1.88. The van der Waals surface area contributed by atoms with Gasteiger partial charge in [-0.15, -0.1) is 0 Å². The monoisotopic (exact) mass is 385 g/mol. The van der Waals surface area contributed by atoms with Crippen molar-refractivity contribution in [1.82, 2.24) is 4.90 Å². The van der Waals surface area contributed by atoms with Crippen LogP contribution in [0.1, 0.15) is 64.0 Å². The van der Waals surface area contributed by atoms with Crippen molar-refractivity contribution in [3.63, 3.8) is 0 Å². The first kappa shape index (κ1) is 19.4. The van der Waals surface area contributed by atoms with E-state index in [1.54, 1.807) is 4.90 Å². The molecular formula is C23H31NO4. The van der Waals surface area contributed by atoms with Gasteiger partial charge in [-0.3, -0.25) is 9.59 Å². The Labute approximate surface area is 167 Å². The number of amides is 1. The van der Waals surface area contributed by atoms with Crippen LogP contribution in [0.3, 0.4) is 0 Å². The second kappa shape index (κ2) is 7.18. The molecule has 1 N–H and O–H groups in total. The van der Waals surface area contributed by atoms with E-state index in [9.17, 15) is 14.7 Å². The van der Waals surface area contributed by atoms with Gasteiger partial charge >= 0.3 is 5.97 Å². The number of ether oxygens (including phenoxy) is 1. The smallest absolute Gasteiger partial charge is 0.313 e. The Kier molecular flexibility index (Phi) is 4.98. The molecule has 4 bridgehead atoms. The number of rotatable bonds is 6. The van der Waals surface area contributed by atoms with E-state index in [2.05, 4.69) is 0 Å². The van der Waals surface area contributed by atoms with E-state index >= 15 is 0 Å². The maximum Gasteiger partial charge on any atom is 0.313 e. The van der Waals surface area contributed by atoms with E-state index in [1.807, 2.05) is 44.2 Å². The molecule has 28 heavy (non-hydrogen) atoms. The van der Waals surface area contributed by atoms with E-state index in [1.165, 1.54) is 0 Å². The summed E-state index contributed by atoms with van der Waals surface area (Å²) in [7, 11) is 0. The number of carbonyl (C=O) groups excluding carboxylic acids is 2. The Balaban J connectivity index is 1.60. The fourth-order valence-corrected chi connectivity index (χ4v) is 6.28. The molecule has 5 heteroatoms. The molecule has 0 aromatic heterocycles. The lowest BCUT2D eigenvalue weighted by molar-refractivity contribution is -0.201. The lowest BCUT2D eigenvalue weighted by Gasteiger charge is -2.58. The summed E-state index contributed by atoms with van der Waals surface area (Å²) in [5.74, 6) is 0.322. The molecule has 5 nitrogen and oxygen atoms in total. The molecule has 4 aliphatic rings. The second-order valence-electron chi connectivity index (χ2n) is 9.17. The summed E-state index contributed by atoms with van der Waals surface area (Å²) < 4.78 is 5.97. The van der Waals surface area contributed by atoms with Crippen molar-refractivity contribution in [2.45, 2.75) is 64.1 Å². The van der Waals surface area contributed by atoms with Crippen LogP contribution in [0.15, 0.2) is 30.3 Å². The molecule has 4 aliphatic carbocycles. The Morgan fingerprint density at radius 1 is 1.11 bits per heavy atom. The lowest BCUT2D eigenvalue weighted by atomic mass is 9.48. The van der Waals surface area contributed by atoms with Gasteiger partial charge in [-0.05, 0) is 64.2 Å². The highest BCUT2D eigenvalue weighted by Crippen LogP contribution is 2.62. The van der Waals surface area contributed by atoms with E-state index in [0.717, 1.165) is 32.1 Å². The van der Waals surface area contributed by atoms with Gasteiger partial charge in [-0.1, -0.05) is 30.3 Å². The zero-order chi connectivity index (χ0) is 19.9.